The highest BCUT2D eigenvalue weighted by molar-refractivity contribution is 5.87. The van der Waals surface area contributed by atoms with Gasteiger partial charge >= 0.3 is 5.97 Å². The maximum absolute atomic E-state index is 11.6. The zero-order valence-corrected chi connectivity index (χ0v) is 10.8. The largest absolute Gasteiger partial charge is 0.480 e. The van der Waals surface area contributed by atoms with Gasteiger partial charge in [-0.25, -0.2) is 0 Å². The number of hydrogen-bond acceptors (Lipinski definition) is 5. The summed E-state index contributed by atoms with van der Waals surface area (Å²) in [7, 11) is 0. The monoisotopic (exact) mass is 272 g/mol. The number of rotatable bonds is 6. The Hall–Kier alpha value is -1.67. The summed E-state index contributed by atoms with van der Waals surface area (Å²) in [4.78, 5) is 35.0. The molecule has 2 amide bonds. The van der Waals surface area contributed by atoms with Crippen molar-refractivity contribution in [3.05, 3.63) is 0 Å². The van der Waals surface area contributed by atoms with E-state index in [-0.39, 0.29) is 19.0 Å². The van der Waals surface area contributed by atoms with Gasteiger partial charge in [0.05, 0.1) is 13.1 Å². The van der Waals surface area contributed by atoms with Crippen LogP contribution in [0.5, 0.6) is 0 Å². The lowest BCUT2D eigenvalue weighted by atomic mass is 10.4. The molecule has 0 aromatic rings. The molecule has 1 rings (SSSR count). The van der Waals surface area contributed by atoms with Crippen molar-refractivity contribution in [1.29, 1.82) is 0 Å². The fourth-order valence-corrected chi connectivity index (χ4v) is 1.73. The highest BCUT2D eigenvalue weighted by Crippen LogP contribution is 1.94. The van der Waals surface area contributed by atoms with E-state index >= 15 is 0 Å². The first-order valence-electron chi connectivity index (χ1n) is 6.26. The van der Waals surface area contributed by atoms with E-state index < -0.39 is 18.4 Å². The highest BCUT2D eigenvalue weighted by atomic mass is 16.4. The van der Waals surface area contributed by atoms with Crippen LogP contribution < -0.4 is 16.0 Å². The normalized spacial score (nSPS) is 16.4. The second kappa shape index (κ2) is 8.44. The van der Waals surface area contributed by atoms with Crippen LogP contribution in [0.25, 0.3) is 0 Å². The van der Waals surface area contributed by atoms with Crippen LogP contribution in [0.1, 0.15) is 6.42 Å². The van der Waals surface area contributed by atoms with Crippen molar-refractivity contribution >= 4 is 17.8 Å². The maximum Gasteiger partial charge on any atom is 0.322 e. The van der Waals surface area contributed by atoms with Crippen LogP contribution in [-0.2, 0) is 14.4 Å². The van der Waals surface area contributed by atoms with Crippen molar-refractivity contribution < 1.29 is 19.5 Å². The molecular formula is C11H20N4O4. The molecule has 1 aliphatic rings. The van der Waals surface area contributed by atoms with Crippen molar-refractivity contribution in [2.24, 2.45) is 0 Å². The van der Waals surface area contributed by atoms with E-state index in [1.165, 1.54) is 0 Å². The topological polar surface area (TPSA) is 111 Å². The number of carbonyl (C=O) groups excluding carboxylic acids is 2. The summed E-state index contributed by atoms with van der Waals surface area (Å²) in [6.07, 6.45) is 0.992. The Bertz CT molecular complexity index is 327. The summed E-state index contributed by atoms with van der Waals surface area (Å²) in [6, 6.07) is 0. The van der Waals surface area contributed by atoms with Gasteiger partial charge in [-0.3, -0.25) is 19.3 Å². The van der Waals surface area contributed by atoms with Crippen LogP contribution in [-0.4, -0.2) is 73.6 Å². The molecule has 4 N–H and O–H groups in total. The first-order chi connectivity index (χ1) is 9.08. The number of aliphatic carboxylic acids is 1. The lowest BCUT2D eigenvalue weighted by Crippen LogP contribution is -2.43. The van der Waals surface area contributed by atoms with E-state index in [4.69, 9.17) is 5.11 Å². The van der Waals surface area contributed by atoms with E-state index in [1.54, 1.807) is 0 Å². The number of carboxylic acids is 1. The Kier molecular flexibility index (Phi) is 6.83. The smallest absolute Gasteiger partial charge is 0.322 e. The minimum absolute atomic E-state index is 0.196. The highest BCUT2D eigenvalue weighted by Gasteiger charge is 2.13. The Labute approximate surface area is 111 Å². The van der Waals surface area contributed by atoms with E-state index in [0.29, 0.717) is 0 Å². The van der Waals surface area contributed by atoms with E-state index in [0.717, 1.165) is 32.6 Å². The molecule has 1 aliphatic heterocycles. The van der Waals surface area contributed by atoms with E-state index in [9.17, 15) is 14.4 Å². The lowest BCUT2D eigenvalue weighted by Gasteiger charge is -2.18. The van der Waals surface area contributed by atoms with Crippen LogP contribution in [0.3, 0.4) is 0 Å². The summed E-state index contributed by atoms with van der Waals surface area (Å²) in [5.74, 6) is -1.85. The van der Waals surface area contributed by atoms with Crippen molar-refractivity contribution in [3.63, 3.8) is 0 Å². The molecule has 1 heterocycles. The Balaban J connectivity index is 2.16. The SMILES string of the molecule is O=C(O)CNC(=O)CNC(=O)CN1CCCNCC1. The molecule has 0 aliphatic carbocycles. The molecule has 0 radical (unpaired) electrons. The molecule has 8 nitrogen and oxygen atoms in total. The molecule has 0 bridgehead atoms. The third kappa shape index (κ3) is 7.37. The molecule has 0 aromatic carbocycles. The number of carboxylic acid groups (broad SMARTS) is 1. The van der Waals surface area contributed by atoms with Gasteiger partial charge in [-0.1, -0.05) is 0 Å². The Morgan fingerprint density at radius 2 is 1.79 bits per heavy atom. The summed E-state index contributed by atoms with van der Waals surface area (Å²) in [5, 5.41) is 16.2. The number of nitrogens with zero attached hydrogens (tertiary/aromatic N) is 1. The predicted octanol–water partition coefficient (Wildman–Crippen LogP) is -2.40. The standard InChI is InChI=1S/C11H20N4O4/c16-9(14-7-11(18)19)6-13-10(17)8-15-4-1-2-12-3-5-15/h12H,1-8H2,(H,13,17)(H,14,16)(H,18,19). The van der Waals surface area contributed by atoms with Gasteiger partial charge in [0.15, 0.2) is 0 Å². The average Bonchev–Trinajstić information content (AvgIpc) is 2.62. The van der Waals surface area contributed by atoms with Crippen molar-refractivity contribution in [1.82, 2.24) is 20.9 Å². The van der Waals surface area contributed by atoms with E-state index in [1.807, 2.05) is 4.90 Å². The van der Waals surface area contributed by atoms with Crippen LogP contribution in [0, 0.1) is 0 Å². The molecule has 0 unspecified atom stereocenters. The number of carbonyl (C=O) groups is 3. The molecule has 8 heteroatoms. The van der Waals surface area contributed by atoms with Crippen LogP contribution in [0.2, 0.25) is 0 Å². The molecule has 108 valence electrons. The van der Waals surface area contributed by atoms with Crippen LogP contribution >= 0.6 is 0 Å². The van der Waals surface area contributed by atoms with Gasteiger partial charge in [-0.05, 0) is 19.5 Å². The van der Waals surface area contributed by atoms with Crippen LogP contribution in [0.15, 0.2) is 0 Å². The minimum Gasteiger partial charge on any atom is -0.480 e. The first kappa shape index (κ1) is 15.4. The Morgan fingerprint density at radius 3 is 2.53 bits per heavy atom. The molecule has 0 saturated carbocycles. The number of nitrogens with one attached hydrogen (secondary N) is 3. The fraction of sp³-hybridized carbons (Fsp3) is 0.727. The summed E-state index contributed by atoms with van der Waals surface area (Å²) >= 11 is 0. The van der Waals surface area contributed by atoms with Crippen molar-refractivity contribution in [2.75, 3.05) is 45.8 Å². The molecule has 0 atom stereocenters. The van der Waals surface area contributed by atoms with Gasteiger partial charge in [0.25, 0.3) is 0 Å². The number of hydrogen-bond donors (Lipinski definition) is 4. The maximum atomic E-state index is 11.6. The fourth-order valence-electron chi connectivity index (χ4n) is 1.73. The molecular weight excluding hydrogens is 252 g/mol. The van der Waals surface area contributed by atoms with Gasteiger partial charge in [-0.15, -0.1) is 0 Å². The minimum atomic E-state index is -1.11. The lowest BCUT2D eigenvalue weighted by molar-refractivity contribution is -0.137. The number of amides is 2. The first-order valence-corrected chi connectivity index (χ1v) is 6.26. The Morgan fingerprint density at radius 1 is 1.05 bits per heavy atom. The molecule has 0 spiro atoms. The van der Waals surface area contributed by atoms with Gasteiger partial charge < -0.3 is 21.1 Å². The zero-order chi connectivity index (χ0) is 14.1. The second-order valence-corrected chi connectivity index (χ2v) is 4.33. The summed E-state index contributed by atoms with van der Waals surface area (Å²) in [6.45, 7) is 3.09. The van der Waals surface area contributed by atoms with E-state index in [2.05, 4.69) is 16.0 Å². The van der Waals surface area contributed by atoms with Crippen molar-refractivity contribution in [2.45, 2.75) is 6.42 Å². The third-order valence-corrected chi connectivity index (χ3v) is 2.68. The average molecular weight is 272 g/mol. The zero-order valence-electron chi connectivity index (χ0n) is 10.8. The van der Waals surface area contributed by atoms with Gasteiger partial charge in [0, 0.05) is 13.1 Å². The molecule has 0 aromatic heterocycles. The molecule has 1 saturated heterocycles. The van der Waals surface area contributed by atoms with Crippen molar-refractivity contribution in [3.8, 4) is 0 Å². The van der Waals surface area contributed by atoms with Gasteiger partial charge in [-0.2, -0.15) is 0 Å². The van der Waals surface area contributed by atoms with Crippen LogP contribution in [0.4, 0.5) is 0 Å². The molecule has 19 heavy (non-hydrogen) atoms. The molecule has 1 fully saturated rings. The quantitative estimate of drug-likeness (QED) is 0.429. The summed E-state index contributed by atoms with van der Waals surface area (Å²) < 4.78 is 0. The van der Waals surface area contributed by atoms with Gasteiger partial charge in [0.1, 0.15) is 6.54 Å². The van der Waals surface area contributed by atoms with Gasteiger partial charge in [0.2, 0.25) is 11.8 Å². The summed E-state index contributed by atoms with van der Waals surface area (Å²) in [5.41, 5.74) is 0. The second-order valence-electron chi connectivity index (χ2n) is 4.33. The third-order valence-electron chi connectivity index (χ3n) is 2.68. The predicted molar refractivity (Wildman–Crippen MR) is 67.6 cm³/mol.